The molecule has 0 aromatic heterocycles. The first-order chi connectivity index (χ1) is 13.4. The van der Waals surface area contributed by atoms with E-state index in [0.717, 1.165) is 45.9 Å². The number of morpholine rings is 1. The molecule has 1 aliphatic heterocycles. The van der Waals surface area contributed by atoms with Crippen molar-refractivity contribution < 1.29 is 4.74 Å². The molecule has 27 heavy (non-hydrogen) atoms. The van der Waals surface area contributed by atoms with Crippen LogP contribution in [-0.4, -0.2) is 44.3 Å². The second-order valence-electron chi connectivity index (χ2n) is 7.57. The zero-order valence-electron chi connectivity index (χ0n) is 15.7. The maximum absolute atomic E-state index is 5.42. The van der Waals surface area contributed by atoms with Crippen molar-refractivity contribution in [3.63, 3.8) is 0 Å². The number of hydrogen-bond acceptors (Lipinski definition) is 3. The van der Waals surface area contributed by atoms with Gasteiger partial charge in [0.2, 0.25) is 0 Å². The van der Waals surface area contributed by atoms with Crippen LogP contribution in [0.2, 0.25) is 0 Å². The van der Waals surface area contributed by atoms with E-state index >= 15 is 0 Å². The second-order valence-corrected chi connectivity index (χ2v) is 7.57. The van der Waals surface area contributed by atoms with Crippen LogP contribution in [0.5, 0.6) is 0 Å². The van der Waals surface area contributed by atoms with Crippen LogP contribution in [0.15, 0.2) is 54.6 Å². The lowest BCUT2D eigenvalue weighted by Gasteiger charge is -2.26. The Morgan fingerprint density at radius 2 is 1.52 bits per heavy atom. The lowest BCUT2D eigenvalue weighted by atomic mass is 9.92. The van der Waals surface area contributed by atoms with Gasteiger partial charge in [0.25, 0.3) is 0 Å². The molecule has 1 heterocycles. The summed E-state index contributed by atoms with van der Waals surface area (Å²) in [5.41, 5.74) is 1.40. The van der Waals surface area contributed by atoms with Crippen LogP contribution in [-0.2, 0) is 11.3 Å². The monoisotopic (exact) mass is 358 g/mol. The maximum Gasteiger partial charge on any atom is 0.0594 e. The van der Waals surface area contributed by atoms with Gasteiger partial charge in [0.05, 0.1) is 13.2 Å². The van der Waals surface area contributed by atoms with Crippen molar-refractivity contribution in [2.45, 2.75) is 13.0 Å². The Kier molecular flexibility index (Phi) is 4.66. The lowest BCUT2D eigenvalue weighted by molar-refractivity contribution is 0.0374. The largest absolute Gasteiger partial charge is 0.379 e. The predicted octanol–water partition coefficient (Wildman–Crippen LogP) is 4.40. The van der Waals surface area contributed by atoms with Crippen LogP contribution in [0.1, 0.15) is 12.0 Å². The van der Waals surface area contributed by atoms with E-state index < -0.39 is 0 Å². The molecule has 5 rings (SSSR count). The van der Waals surface area contributed by atoms with Gasteiger partial charge in [0, 0.05) is 19.6 Å². The molecule has 1 aliphatic rings. The van der Waals surface area contributed by atoms with Gasteiger partial charge >= 0.3 is 0 Å². The van der Waals surface area contributed by atoms with E-state index in [1.165, 1.54) is 44.3 Å². The van der Waals surface area contributed by atoms with Crippen molar-refractivity contribution in [3.8, 4) is 0 Å². The van der Waals surface area contributed by atoms with Gasteiger partial charge in [-0.3, -0.25) is 4.90 Å². The molecule has 3 nitrogen and oxygen atoms in total. The Morgan fingerprint density at radius 3 is 2.33 bits per heavy atom. The maximum atomic E-state index is 5.42. The van der Waals surface area contributed by atoms with Crippen molar-refractivity contribution in [2.75, 3.05) is 39.4 Å². The summed E-state index contributed by atoms with van der Waals surface area (Å²) >= 11 is 0. The SMILES string of the molecule is c1cc2ccc3ccc(CNCCCN4CCOCC4)c4ccc(c1)c2c34. The summed E-state index contributed by atoms with van der Waals surface area (Å²) in [6.45, 7) is 7.07. The molecule has 1 N–H and O–H groups in total. The van der Waals surface area contributed by atoms with Crippen molar-refractivity contribution in [3.05, 3.63) is 60.2 Å². The summed E-state index contributed by atoms with van der Waals surface area (Å²) in [7, 11) is 0. The Bertz CT molecular complexity index is 1040. The van der Waals surface area contributed by atoms with Crippen LogP contribution in [0.4, 0.5) is 0 Å². The molecule has 0 aliphatic carbocycles. The van der Waals surface area contributed by atoms with Crippen molar-refractivity contribution in [1.29, 1.82) is 0 Å². The molecule has 0 amide bonds. The normalized spacial score (nSPS) is 16.0. The van der Waals surface area contributed by atoms with E-state index in [1.54, 1.807) is 0 Å². The minimum Gasteiger partial charge on any atom is -0.379 e. The number of benzene rings is 4. The molecule has 1 fully saturated rings. The number of hydrogen-bond donors (Lipinski definition) is 1. The number of ether oxygens (including phenoxy) is 1. The third-order valence-corrected chi connectivity index (χ3v) is 5.87. The fourth-order valence-corrected chi connectivity index (χ4v) is 4.43. The molecule has 1 saturated heterocycles. The molecule has 4 aromatic carbocycles. The van der Waals surface area contributed by atoms with Gasteiger partial charge < -0.3 is 10.1 Å². The van der Waals surface area contributed by atoms with Crippen molar-refractivity contribution >= 4 is 32.3 Å². The van der Waals surface area contributed by atoms with Gasteiger partial charge in [-0.15, -0.1) is 0 Å². The molecule has 0 saturated carbocycles. The highest BCUT2D eigenvalue weighted by atomic mass is 16.5. The summed E-state index contributed by atoms with van der Waals surface area (Å²) in [5, 5.41) is 11.9. The first-order valence-corrected chi connectivity index (χ1v) is 10.1. The minimum atomic E-state index is 0.885. The zero-order valence-corrected chi connectivity index (χ0v) is 15.7. The highest BCUT2D eigenvalue weighted by Gasteiger charge is 2.11. The topological polar surface area (TPSA) is 24.5 Å². The Morgan fingerprint density at radius 1 is 0.815 bits per heavy atom. The summed E-state index contributed by atoms with van der Waals surface area (Å²) in [6.07, 6.45) is 1.19. The fraction of sp³-hybridized carbons (Fsp3) is 0.333. The van der Waals surface area contributed by atoms with E-state index in [2.05, 4.69) is 64.8 Å². The minimum absolute atomic E-state index is 0.885. The third-order valence-electron chi connectivity index (χ3n) is 5.87. The van der Waals surface area contributed by atoms with Crippen LogP contribution in [0.25, 0.3) is 32.3 Å². The van der Waals surface area contributed by atoms with E-state index in [-0.39, 0.29) is 0 Å². The molecule has 138 valence electrons. The Balaban J connectivity index is 1.33. The summed E-state index contributed by atoms with van der Waals surface area (Å²) in [5.74, 6) is 0. The van der Waals surface area contributed by atoms with E-state index in [0.29, 0.717) is 0 Å². The van der Waals surface area contributed by atoms with E-state index in [1.807, 2.05) is 0 Å². The fourth-order valence-electron chi connectivity index (χ4n) is 4.43. The Labute approximate surface area is 160 Å². The quantitative estimate of drug-likeness (QED) is 0.408. The number of nitrogens with one attached hydrogen (secondary N) is 1. The highest BCUT2D eigenvalue weighted by molar-refractivity contribution is 6.23. The molecule has 4 aromatic rings. The Hall–Kier alpha value is -2.20. The smallest absolute Gasteiger partial charge is 0.0594 e. The second kappa shape index (κ2) is 7.43. The van der Waals surface area contributed by atoms with Gasteiger partial charge in [-0.25, -0.2) is 0 Å². The van der Waals surface area contributed by atoms with Crippen LogP contribution in [0.3, 0.4) is 0 Å². The highest BCUT2D eigenvalue weighted by Crippen LogP contribution is 2.35. The van der Waals surface area contributed by atoms with Crippen molar-refractivity contribution in [2.24, 2.45) is 0 Å². The standard InChI is InChI=1S/C24H26N2O/c1-3-18-5-6-20-7-8-21(22-10-9-19(4-1)23(18)24(20)22)17-25-11-2-12-26-13-15-27-16-14-26/h1,3-10,25H,2,11-17H2. The third kappa shape index (κ3) is 3.27. The van der Waals surface area contributed by atoms with E-state index in [9.17, 15) is 0 Å². The molecular weight excluding hydrogens is 332 g/mol. The molecule has 0 atom stereocenters. The summed E-state index contributed by atoms with van der Waals surface area (Å²) in [4.78, 5) is 2.50. The van der Waals surface area contributed by atoms with Gasteiger partial charge in [0.15, 0.2) is 0 Å². The van der Waals surface area contributed by atoms with E-state index in [4.69, 9.17) is 4.74 Å². The van der Waals surface area contributed by atoms with Gasteiger partial charge in [-0.2, -0.15) is 0 Å². The zero-order chi connectivity index (χ0) is 18.1. The van der Waals surface area contributed by atoms with Gasteiger partial charge in [-0.1, -0.05) is 54.6 Å². The summed E-state index contributed by atoms with van der Waals surface area (Å²) in [6, 6.07) is 20.2. The van der Waals surface area contributed by atoms with Crippen LogP contribution >= 0.6 is 0 Å². The van der Waals surface area contributed by atoms with Crippen LogP contribution < -0.4 is 5.32 Å². The first-order valence-electron chi connectivity index (χ1n) is 10.1. The molecular formula is C24H26N2O. The molecule has 0 spiro atoms. The van der Waals surface area contributed by atoms with Crippen LogP contribution in [0, 0.1) is 0 Å². The van der Waals surface area contributed by atoms with Crippen molar-refractivity contribution in [1.82, 2.24) is 10.2 Å². The molecule has 0 bridgehead atoms. The van der Waals surface area contributed by atoms with Gasteiger partial charge in [0.1, 0.15) is 0 Å². The molecule has 0 radical (unpaired) electrons. The van der Waals surface area contributed by atoms with Gasteiger partial charge in [-0.05, 0) is 57.4 Å². The lowest BCUT2D eigenvalue weighted by Crippen LogP contribution is -2.37. The average Bonchev–Trinajstić information content (AvgIpc) is 2.73. The molecule has 3 heteroatoms. The predicted molar refractivity (Wildman–Crippen MR) is 114 cm³/mol. The number of nitrogens with zero attached hydrogens (tertiary/aromatic N) is 1. The summed E-state index contributed by atoms with van der Waals surface area (Å²) < 4.78 is 5.42. The average molecular weight is 358 g/mol. The first kappa shape index (κ1) is 16.9. The molecule has 0 unspecified atom stereocenters. The number of rotatable bonds is 6.